The van der Waals surface area contributed by atoms with Crippen LogP contribution in [0.4, 0.5) is 0 Å². The zero-order valence-electron chi connectivity index (χ0n) is 17.0. The molecule has 2 aromatic rings. The van der Waals surface area contributed by atoms with Crippen molar-refractivity contribution < 1.29 is 28.4 Å². The molecule has 3 rings (SSSR count). The Morgan fingerprint density at radius 3 is 2.47 bits per heavy atom. The lowest BCUT2D eigenvalue weighted by Crippen LogP contribution is -2.44. The Hall–Kier alpha value is -1.38. The van der Waals surface area contributed by atoms with E-state index in [4.69, 9.17) is 37.7 Å². The molecular formula is C21H24Cl2NO6PS. The first-order valence-corrected chi connectivity index (χ1v) is 13.6. The molecule has 4 N–H and O–H groups in total. The van der Waals surface area contributed by atoms with Crippen LogP contribution >= 0.6 is 30.8 Å². The number of nitrogens with one attached hydrogen (secondary N) is 1. The summed E-state index contributed by atoms with van der Waals surface area (Å²) < 4.78 is 32.9. The molecule has 1 fully saturated rings. The van der Waals surface area contributed by atoms with Gasteiger partial charge in [0, 0.05) is 12.1 Å². The Labute approximate surface area is 199 Å². The van der Waals surface area contributed by atoms with Gasteiger partial charge in [-0.2, -0.15) is 0 Å². The molecule has 1 saturated carbocycles. The predicted octanol–water partition coefficient (Wildman–Crippen LogP) is 5.53. The molecule has 3 unspecified atom stereocenters. The molecule has 174 valence electrons. The highest BCUT2D eigenvalue weighted by Gasteiger charge is 2.32. The van der Waals surface area contributed by atoms with Gasteiger partial charge in [-0.25, -0.2) is 8.93 Å². The van der Waals surface area contributed by atoms with E-state index in [1.807, 2.05) is 6.08 Å². The minimum atomic E-state index is -4.28. The van der Waals surface area contributed by atoms with Crippen molar-refractivity contribution in [2.24, 2.45) is 5.92 Å². The summed E-state index contributed by atoms with van der Waals surface area (Å²) in [6.45, 7) is 3.73. The third-order valence-corrected chi connectivity index (χ3v) is 7.80. The van der Waals surface area contributed by atoms with Gasteiger partial charge in [0.1, 0.15) is 22.5 Å². The first-order valence-electron chi connectivity index (χ1n) is 9.89. The summed E-state index contributed by atoms with van der Waals surface area (Å²) in [4.78, 5) is 18.4. The fourth-order valence-corrected chi connectivity index (χ4v) is 5.93. The normalized spacial score (nSPS) is 19.2. The molecule has 0 aromatic heterocycles. The van der Waals surface area contributed by atoms with Gasteiger partial charge < -0.3 is 19.6 Å². The van der Waals surface area contributed by atoms with E-state index < -0.39 is 24.7 Å². The van der Waals surface area contributed by atoms with E-state index >= 15 is 0 Å². The number of rotatable bonds is 10. The zero-order chi connectivity index (χ0) is 23.5. The third kappa shape index (κ3) is 6.58. The van der Waals surface area contributed by atoms with Crippen molar-refractivity contribution in [1.82, 2.24) is 4.72 Å². The number of phenolic OH excluding ortho intramolecular Hbond substituents is 1. The van der Waals surface area contributed by atoms with E-state index in [1.54, 1.807) is 0 Å². The number of hydrogen-bond acceptors (Lipinski definition) is 4. The summed E-state index contributed by atoms with van der Waals surface area (Å²) in [6, 6.07) is 7.11. The third-order valence-electron chi connectivity index (χ3n) is 5.22. The first-order chi connectivity index (χ1) is 15.1. The maximum Gasteiger partial charge on any atom is 0.329 e. The maximum atomic E-state index is 12.8. The van der Waals surface area contributed by atoms with Crippen LogP contribution in [0.2, 0.25) is 10.0 Å². The van der Waals surface area contributed by atoms with Crippen molar-refractivity contribution in [3.8, 4) is 17.2 Å². The minimum absolute atomic E-state index is 0.0642. The van der Waals surface area contributed by atoms with E-state index in [1.165, 1.54) is 30.3 Å². The highest BCUT2D eigenvalue weighted by molar-refractivity contribution is 7.83. The van der Waals surface area contributed by atoms with Crippen LogP contribution in [0, 0.1) is 5.92 Å². The van der Waals surface area contributed by atoms with Crippen LogP contribution in [0.1, 0.15) is 31.2 Å². The van der Waals surface area contributed by atoms with Crippen molar-refractivity contribution in [2.45, 2.75) is 42.8 Å². The van der Waals surface area contributed by atoms with Crippen molar-refractivity contribution in [1.29, 1.82) is 0 Å². The van der Waals surface area contributed by atoms with Gasteiger partial charge in [-0.3, -0.25) is 4.57 Å². The average molecular weight is 520 g/mol. The molecular weight excluding hydrogens is 496 g/mol. The average Bonchev–Trinajstić information content (AvgIpc) is 2.68. The molecule has 11 heteroatoms. The van der Waals surface area contributed by atoms with E-state index in [2.05, 4.69) is 11.3 Å². The standard InChI is InChI=1S/C21H24Cl2NO6PS/c1-2-3-4-14-5-7-18(14)24-32(29)20-11-15(6-8-19(20)25)30-21-16(22)9-13(10-17(21)23)12-31(26,27)28/h2,6,8-11,14,18,24-25H,1,3-5,7,12H2,(H2,26,27,28). The van der Waals surface area contributed by atoms with Crippen LogP contribution in [-0.2, 0) is 21.7 Å². The summed E-state index contributed by atoms with van der Waals surface area (Å²) in [6.07, 6.45) is 5.22. The molecule has 3 atom stereocenters. The molecule has 0 bridgehead atoms. The number of ether oxygens (including phenoxy) is 1. The Morgan fingerprint density at radius 2 is 1.91 bits per heavy atom. The van der Waals surface area contributed by atoms with E-state index in [-0.39, 0.29) is 43.8 Å². The van der Waals surface area contributed by atoms with Crippen LogP contribution in [0.25, 0.3) is 0 Å². The van der Waals surface area contributed by atoms with E-state index in [9.17, 15) is 13.9 Å². The minimum Gasteiger partial charge on any atom is -0.507 e. The quantitative estimate of drug-likeness (QED) is 0.242. The van der Waals surface area contributed by atoms with Crippen LogP contribution in [0.15, 0.2) is 47.9 Å². The number of benzene rings is 2. The van der Waals surface area contributed by atoms with Gasteiger partial charge in [-0.15, -0.1) is 6.58 Å². The molecule has 0 amide bonds. The van der Waals surface area contributed by atoms with E-state index in [0.717, 1.165) is 25.7 Å². The number of halogens is 2. The highest BCUT2D eigenvalue weighted by atomic mass is 35.5. The smallest absolute Gasteiger partial charge is 0.329 e. The van der Waals surface area contributed by atoms with Crippen LogP contribution in [0.5, 0.6) is 17.2 Å². The molecule has 0 aliphatic heterocycles. The van der Waals surface area contributed by atoms with Gasteiger partial charge in [0.2, 0.25) is 0 Å². The summed E-state index contributed by atoms with van der Waals surface area (Å²) in [5, 5.41) is 10.3. The molecule has 7 nitrogen and oxygen atoms in total. The number of phenols is 1. The van der Waals surface area contributed by atoms with Gasteiger partial charge in [0.15, 0.2) is 5.75 Å². The fraction of sp³-hybridized carbons (Fsp3) is 0.333. The molecule has 32 heavy (non-hydrogen) atoms. The summed E-state index contributed by atoms with van der Waals surface area (Å²) in [5.41, 5.74) is 0.267. The fourth-order valence-electron chi connectivity index (χ4n) is 3.47. The SMILES string of the molecule is C=CCCC1CCC1NS(=O)c1cc(Oc2c(Cl)cc(CP(=O)(O)O)cc2Cl)ccc1O. The van der Waals surface area contributed by atoms with Crippen molar-refractivity contribution in [2.75, 3.05) is 0 Å². The second-order valence-electron chi connectivity index (χ2n) is 7.64. The lowest BCUT2D eigenvalue weighted by Gasteiger charge is -2.36. The Bertz CT molecular complexity index is 1050. The lowest BCUT2D eigenvalue weighted by molar-refractivity contribution is 0.227. The van der Waals surface area contributed by atoms with Gasteiger partial charge >= 0.3 is 7.60 Å². The Kier molecular flexibility index (Phi) is 8.44. The monoisotopic (exact) mass is 519 g/mol. The van der Waals surface area contributed by atoms with Crippen LogP contribution in [-0.4, -0.2) is 25.1 Å². The van der Waals surface area contributed by atoms with Gasteiger partial charge in [-0.1, -0.05) is 29.3 Å². The van der Waals surface area contributed by atoms with Crippen molar-refractivity contribution in [3.63, 3.8) is 0 Å². The predicted molar refractivity (Wildman–Crippen MR) is 126 cm³/mol. The van der Waals surface area contributed by atoms with Crippen LogP contribution in [0.3, 0.4) is 0 Å². The van der Waals surface area contributed by atoms with Gasteiger partial charge in [0.25, 0.3) is 0 Å². The van der Waals surface area contributed by atoms with Gasteiger partial charge in [-0.05, 0) is 61.4 Å². The summed E-state index contributed by atoms with van der Waals surface area (Å²) >= 11 is 12.4. The summed E-state index contributed by atoms with van der Waals surface area (Å²) in [7, 11) is -5.94. The second-order valence-corrected chi connectivity index (χ2v) is 11.3. The first kappa shape index (κ1) is 25.2. The molecule has 0 saturated heterocycles. The molecule has 1 aliphatic carbocycles. The van der Waals surface area contributed by atoms with Crippen LogP contribution < -0.4 is 9.46 Å². The Balaban J connectivity index is 1.75. The Morgan fingerprint density at radius 1 is 1.22 bits per heavy atom. The summed E-state index contributed by atoms with van der Waals surface area (Å²) in [5.74, 6) is 0.611. The topological polar surface area (TPSA) is 116 Å². The molecule has 2 aromatic carbocycles. The molecule has 1 aliphatic rings. The molecule has 0 spiro atoms. The number of aromatic hydroxyl groups is 1. The van der Waals surface area contributed by atoms with Crippen molar-refractivity contribution >= 4 is 41.8 Å². The number of allylic oxidation sites excluding steroid dienone is 1. The molecule has 0 heterocycles. The van der Waals surface area contributed by atoms with Crippen molar-refractivity contribution in [3.05, 3.63) is 58.6 Å². The second kappa shape index (κ2) is 10.7. The van der Waals surface area contributed by atoms with Gasteiger partial charge in [0.05, 0.1) is 21.1 Å². The highest BCUT2D eigenvalue weighted by Crippen LogP contribution is 2.44. The maximum absolute atomic E-state index is 12.8. The zero-order valence-corrected chi connectivity index (χ0v) is 20.3. The number of hydrogen-bond donors (Lipinski definition) is 4. The largest absolute Gasteiger partial charge is 0.507 e. The molecule has 0 radical (unpaired) electrons. The van der Waals surface area contributed by atoms with E-state index in [0.29, 0.717) is 5.92 Å². The lowest BCUT2D eigenvalue weighted by atomic mass is 9.77.